The Kier molecular flexibility index (Phi) is 5.01. The fraction of sp³-hybridized carbons (Fsp3) is 0.562. The monoisotopic (exact) mass is 276 g/mol. The third kappa shape index (κ3) is 3.31. The Balaban J connectivity index is 1.99. The van der Waals surface area contributed by atoms with Crippen LogP contribution in [0.15, 0.2) is 24.3 Å². The van der Waals surface area contributed by atoms with Crippen molar-refractivity contribution in [3.05, 3.63) is 29.8 Å². The molecule has 110 valence electrons. The van der Waals surface area contributed by atoms with Gasteiger partial charge in [-0.1, -0.05) is 6.07 Å². The molecule has 0 bridgehead atoms. The number of methoxy groups -OCH3 is 1. The molecule has 0 aliphatic heterocycles. The van der Waals surface area contributed by atoms with Gasteiger partial charge in [-0.15, -0.1) is 0 Å². The molecular formula is C16H24N2O2. The quantitative estimate of drug-likeness (QED) is 0.868. The molecule has 1 fully saturated rings. The van der Waals surface area contributed by atoms with E-state index in [1.165, 1.54) is 0 Å². The number of hydrogen-bond donors (Lipinski definition) is 1. The van der Waals surface area contributed by atoms with Gasteiger partial charge in [-0.05, 0) is 44.9 Å². The third-order valence-electron chi connectivity index (χ3n) is 3.96. The molecule has 1 saturated carbocycles. The van der Waals surface area contributed by atoms with Crippen LogP contribution < -0.4 is 5.32 Å². The van der Waals surface area contributed by atoms with Gasteiger partial charge in [0.2, 0.25) is 0 Å². The van der Waals surface area contributed by atoms with Crippen molar-refractivity contribution in [2.45, 2.75) is 38.8 Å². The largest absolute Gasteiger partial charge is 0.382 e. The lowest BCUT2D eigenvalue weighted by atomic mass is 9.89. The molecule has 2 rings (SSSR count). The molecule has 0 unspecified atom stereocenters. The molecule has 1 amide bonds. The maximum Gasteiger partial charge on any atom is 0.253 e. The van der Waals surface area contributed by atoms with Gasteiger partial charge in [0.15, 0.2) is 0 Å². The van der Waals surface area contributed by atoms with Crippen LogP contribution in [0.25, 0.3) is 0 Å². The van der Waals surface area contributed by atoms with Crippen molar-refractivity contribution in [1.82, 2.24) is 4.90 Å². The molecule has 4 heteroatoms. The number of rotatable bonds is 6. The fourth-order valence-electron chi connectivity index (χ4n) is 2.55. The van der Waals surface area contributed by atoms with E-state index in [4.69, 9.17) is 4.74 Å². The molecule has 0 radical (unpaired) electrons. The minimum Gasteiger partial charge on any atom is -0.382 e. The van der Waals surface area contributed by atoms with E-state index in [2.05, 4.69) is 5.32 Å². The van der Waals surface area contributed by atoms with E-state index in [0.717, 1.165) is 37.2 Å². The molecule has 1 N–H and O–H groups in total. The van der Waals surface area contributed by atoms with Gasteiger partial charge in [0.25, 0.3) is 5.91 Å². The summed E-state index contributed by atoms with van der Waals surface area (Å²) in [6.45, 7) is 5.49. The average Bonchev–Trinajstić information content (AvgIpc) is 2.44. The number of nitrogens with one attached hydrogen (secondary N) is 1. The van der Waals surface area contributed by atoms with E-state index >= 15 is 0 Å². The molecule has 1 aliphatic rings. The topological polar surface area (TPSA) is 41.6 Å². The van der Waals surface area contributed by atoms with Gasteiger partial charge in [-0.2, -0.15) is 0 Å². The first-order chi connectivity index (χ1) is 9.67. The standard InChI is InChI=1S/C16H24N2O2/c1-4-18(5-2)16(19)12-7-6-8-13(9-12)17-14-10-15(11-14)20-3/h6-9,14-15,17H,4-5,10-11H2,1-3H3. The summed E-state index contributed by atoms with van der Waals surface area (Å²) in [4.78, 5) is 14.1. The molecule has 20 heavy (non-hydrogen) atoms. The molecule has 4 nitrogen and oxygen atoms in total. The second-order valence-electron chi connectivity index (χ2n) is 5.23. The van der Waals surface area contributed by atoms with Crippen LogP contribution in [0.2, 0.25) is 0 Å². The van der Waals surface area contributed by atoms with Crippen LogP contribution in [0.5, 0.6) is 0 Å². The third-order valence-corrected chi connectivity index (χ3v) is 3.96. The van der Waals surface area contributed by atoms with Crippen LogP contribution in [-0.4, -0.2) is 43.2 Å². The van der Waals surface area contributed by atoms with Gasteiger partial charge in [0, 0.05) is 37.5 Å². The van der Waals surface area contributed by atoms with Gasteiger partial charge in [0.1, 0.15) is 0 Å². The highest BCUT2D eigenvalue weighted by Gasteiger charge is 2.28. The zero-order valence-electron chi connectivity index (χ0n) is 12.6. The van der Waals surface area contributed by atoms with Crippen molar-refractivity contribution in [2.24, 2.45) is 0 Å². The van der Waals surface area contributed by atoms with Crippen LogP contribution in [0, 0.1) is 0 Å². The number of carbonyl (C=O) groups excluding carboxylic acids is 1. The molecule has 0 saturated heterocycles. The molecular weight excluding hydrogens is 252 g/mol. The second-order valence-corrected chi connectivity index (χ2v) is 5.23. The molecule has 0 aromatic heterocycles. The van der Waals surface area contributed by atoms with E-state index < -0.39 is 0 Å². The van der Waals surface area contributed by atoms with E-state index in [1.54, 1.807) is 7.11 Å². The van der Waals surface area contributed by atoms with Crippen LogP contribution in [-0.2, 0) is 4.74 Å². The lowest BCUT2D eigenvalue weighted by Crippen LogP contribution is -2.40. The maximum absolute atomic E-state index is 12.3. The Morgan fingerprint density at radius 3 is 2.65 bits per heavy atom. The fourth-order valence-corrected chi connectivity index (χ4v) is 2.55. The number of benzene rings is 1. The zero-order chi connectivity index (χ0) is 14.5. The van der Waals surface area contributed by atoms with Crippen molar-refractivity contribution in [3.63, 3.8) is 0 Å². The Morgan fingerprint density at radius 1 is 1.35 bits per heavy atom. The maximum atomic E-state index is 12.3. The number of ether oxygens (including phenoxy) is 1. The van der Waals surface area contributed by atoms with Crippen molar-refractivity contribution >= 4 is 11.6 Å². The number of nitrogens with zero attached hydrogens (tertiary/aromatic N) is 1. The lowest BCUT2D eigenvalue weighted by molar-refractivity contribution is 0.0328. The van der Waals surface area contributed by atoms with Crippen molar-refractivity contribution in [2.75, 3.05) is 25.5 Å². The van der Waals surface area contributed by atoms with Crippen molar-refractivity contribution in [1.29, 1.82) is 0 Å². The summed E-state index contributed by atoms with van der Waals surface area (Å²) in [5, 5.41) is 3.46. The highest BCUT2D eigenvalue weighted by atomic mass is 16.5. The van der Waals surface area contributed by atoms with E-state index in [9.17, 15) is 4.79 Å². The van der Waals surface area contributed by atoms with Crippen LogP contribution in [0.3, 0.4) is 0 Å². The van der Waals surface area contributed by atoms with E-state index in [-0.39, 0.29) is 5.91 Å². The summed E-state index contributed by atoms with van der Waals surface area (Å²) >= 11 is 0. The second kappa shape index (κ2) is 6.75. The molecule has 1 aromatic rings. The summed E-state index contributed by atoms with van der Waals surface area (Å²) in [6.07, 6.45) is 2.45. The SMILES string of the molecule is CCN(CC)C(=O)c1cccc(NC2CC(OC)C2)c1. The Bertz CT molecular complexity index is 452. The van der Waals surface area contributed by atoms with Crippen LogP contribution in [0.1, 0.15) is 37.0 Å². The van der Waals surface area contributed by atoms with Crippen LogP contribution >= 0.6 is 0 Å². The number of anilines is 1. The minimum atomic E-state index is 0.0991. The van der Waals surface area contributed by atoms with Crippen molar-refractivity contribution < 1.29 is 9.53 Å². The smallest absolute Gasteiger partial charge is 0.253 e. The Morgan fingerprint density at radius 2 is 2.05 bits per heavy atom. The van der Waals surface area contributed by atoms with Gasteiger partial charge < -0.3 is 15.0 Å². The number of hydrogen-bond acceptors (Lipinski definition) is 3. The summed E-state index contributed by atoms with van der Waals surface area (Å²) in [5.74, 6) is 0.0991. The van der Waals surface area contributed by atoms with Gasteiger partial charge >= 0.3 is 0 Å². The van der Waals surface area contributed by atoms with Crippen molar-refractivity contribution in [3.8, 4) is 0 Å². The average molecular weight is 276 g/mol. The van der Waals surface area contributed by atoms with Gasteiger partial charge in [-0.25, -0.2) is 0 Å². The molecule has 1 aromatic carbocycles. The highest BCUT2D eigenvalue weighted by molar-refractivity contribution is 5.95. The number of carbonyl (C=O) groups is 1. The first kappa shape index (κ1) is 14.9. The summed E-state index contributed by atoms with van der Waals surface area (Å²) in [6, 6.07) is 8.23. The summed E-state index contributed by atoms with van der Waals surface area (Å²) in [5.41, 5.74) is 1.77. The Labute approximate surface area is 121 Å². The van der Waals surface area contributed by atoms with Gasteiger partial charge in [-0.3, -0.25) is 4.79 Å². The predicted molar refractivity (Wildman–Crippen MR) is 81.1 cm³/mol. The molecule has 0 atom stereocenters. The zero-order valence-corrected chi connectivity index (χ0v) is 12.6. The van der Waals surface area contributed by atoms with Crippen LogP contribution in [0.4, 0.5) is 5.69 Å². The highest BCUT2D eigenvalue weighted by Crippen LogP contribution is 2.26. The summed E-state index contributed by atoms with van der Waals surface area (Å²) < 4.78 is 5.28. The summed E-state index contributed by atoms with van der Waals surface area (Å²) in [7, 11) is 1.75. The van der Waals surface area contributed by atoms with E-state index in [0.29, 0.717) is 12.1 Å². The lowest BCUT2D eigenvalue weighted by Gasteiger charge is -2.35. The van der Waals surface area contributed by atoms with Gasteiger partial charge in [0.05, 0.1) is 6.10 Å². The normalized spacial score (nSPS) is 21.1. The Hall–Kier alpha value is -1.55. The minimum absolute atomic E-state index is 0.0991. The molecule has 0 spiro atoms. The predicted octanol–water partition coefficient (Wildman–Crippen LogP) is 2.76. The first-order valence-corrected chi connectivity index (χ1v) is 7.36. The number of amides is 1. The van der Waals surface area contributed by atoms with E-state index in [1.807, 2.05) is 43.0 Å². The molecule has 0 heterocycles. The molecule has 1 aliphatic carbocycles. The first-order valence-electron chi connectivity index (χ1n) is 7.36.